The molecule has 3 unspecified atom stereocenters. The maximum atomic E-state index is 14.0. The lowest BCUT2D eigenvalue weighted by atomic mass is 9.87. The van der Waals surface area contributed by atoms with Crippen LogP contribution < -0.4 is 15.4 Å². The summed E-state index contributed by atoms with van der Waals surface area (Å²) >= 11 is 0. The number of carbonyl (C=O) groups excluding carboxylic acids is 1. The number of benzene rings is 3. The van der Waals surface area contributed by atoms with Gasteiger partial charge in [-0.3, -0.25) is 4.79 Å². The topological polar surface area (TPSA) is 75.6 Å². The van der Waals surface area contributed by atoms with Crippen molar-refractivity contribution in [1.82, 2.24) is 19.5 Å². The highest BCUT2D eigenvalue weighted by Crippen LogP contribution is 2.34. The Morgan fingerprint density at radius 2 is 1.81 bits per heavy atom. The Kier molecular flexibility index (Phi) is 8.45. The summed E-state index contributed by atoms with van der Waals surface area (Å²) in [5.74, 6) is 0.801. The number of amides is 1. The first-order chi connectivity index (χ1) is 20.7. The second-order valence-corrected chi connectivity index (χ2v) is 14.3. The summed E-state index contributed by atoms with van der Waals surface area (Å²) in [7, 11) is 0.242. The Bertz CT molecular complexity index is 1660. The Morgan fingerprint density at radius 3 is 2.63 bits per heavy atom. The fraction of sp³-hybridized carbons (Fsp3) is 0.400. The Morgan fingerprint density at radius 1 is 1.00 bits per heavy atom. The lowest BCUT2D eigenvalue weighted by Crippen LogP contribution is -2.44. The lowest BCUT2D eigenvalue weighted by molar-refractivity contribution is -0.122. The van der Waals surface area contributed by atoms with Crippen molar-refractivity contribution in [2.24, 2.45) is 0 Å². The molecular weight excluding hydrogens is 556 g/mol. The van der Waals surface area contributed by atoms with Gasteiger partial charge in [-0.1, -0.05) is 30.3 Å². The van der Waals surface area contributed by atoms with Gasteiger partial charge in [-0.25, -0.2) is 8.51 Å². The number of methoxy groups -OCH3 is 1. The van der Waals surface area contributed by atoms with E-state index >= 15 is 0 Å². The van der Waals surface area contributed by atoms with Crippen molar-refractivity contribution in [2.45, 2.75) is 82.1 Å². The number of hydrogen-bond donors (Lipinski definition) is 2. The molecule has 1 amide bonds. The van der Waals surface area contributed by atoms with Crippen LogP contribution in [0.3, 0.4) is 0 Å². The van der Waals surface area contributed by atoms with Crippen LogP contribution in [0.15, 0.2) is 77.8 Å². The smallest absolute Gasteiger partial charge is 0.222 e. The second kappa shape index (κ2) is 12.3. The third-order valence-electron chi connectivity index (χ3n) is 8.61. The standard InChI is InChI=1S/C35H42N4O3S/c1-35(2,3)36-23-24-7-8-26-19-29(12-9-25(26)18-24)37-34(40)22-33-32-6-5-15-38(32)16-17-39(33)43(41)31-14-11-27-20-30(42-4)13-10-28(27)21-31/h5-8,10-11,13-15,18,20-21,29,33,36H,9,12,16-17,19,22-23H2,1-4H3,(H,37,40). The van der Waals surface area contributed by atoms with Crippen LogP contribution in [0, 0.1) is 0 Å². The molecule has 0 saturated carbocycles. The fourth-order valence-electron chi connectivity index (χ4n) is 6.29. The number of hydrogen-bond acceptors (Lipinski definition) is 4. The zero-order chi connectivity index (χ0) is 30.1. The molecule has 4 aromatic rings. The molecule has 0 saturated heterocycles. The first-order valence-corrected chi connectivity index (χ1v) is 16.3. The summed E-state index contributed by atoms with van der Waals surface area (Å²) in [6.07, 6.45) is 5.04. The molecular formula is C35H42N4O3S. The summed E-state index contributed by atoms with van der Waals surface area (Å²) in [5, 5.41) is 8.94. The van der Waals surface area contributed by atoms with E-state index in [0.29, 0.717) is 6.54 Å². The minimum Gasteiger partial charge on any atom is -0.497 e. The van der Waals surface area contributed by atoms with Crippen LogP contribution in [0.4, 0.5) is 0 Å². The normalized spacial score (nSPS) is 19.4. The number of aromatic nitrogens is 1. The summed E-state index contributed by atoms with van der Waals surface area (Å²) in [6, 6.07) is 22.4. The van der Waals surface area contributed by atoms with Gasteiger partial charge in [0, 0.05) is 49.5 Å². The van der Waals surface area contributed by atoms with E-state index in [0.717, 1.165) is 59.5 Å². The van der Waals surface area contributed by atoms with Crippen LogP contribution in [0.25, 0.3) is 10.8 Å². The number of nitrogens with one attached hydrogen (secondary N) is 2. The summed E-state index contributed by atoms with van der Waals surface area (Å²) in [6.45, 7) is 8.75. The molecule has 2 N–H and O–H groups in total. The first kappa shape index (κ1) is 29.6. The van der Waals surface area contributed by atoms with Gasteiger partial charge in [0.15, 0.2) is 0 Å². The van der Waals surface area contributed by atoms with E-state index in [1.807, 2.05) is 53.0 Å². The van der Waals surface area contributed by atoms with Gasteiger partial charge in [-0.2, -0.15) is 0 Å². The van der Waals surface area contributed by atoms with Gasteiger partial charge in [-0.05, 0) is 104 Å². The maximum absolute atomic E-state index is 14.0. The van der Waals surface area contributed by atoms with Crippen LogP contribution in [-0.4, -0.2) is 44.2 Å². The number of aryl methyl sites for hydroxylation is 1. The number of rotatable bonds is 8. The molecule has 0 fully saturated rings. The molecule has 3 atom stereocenters. The highest BCUT2D eigenvalue weighted by molar-refractivity contribution is 7.82. The Labute approximate surface area is 257 Å². The summed E-state index contributed by atoms with van der Waals surface area (Å²) in [4.78, 5) is 14.3. The molecule has 3 aromatic carbocycles. The van der Waals surface area contributed by atoms with E-state index in [9.17, 15) is 9.00 Å². The number of nitrogens with zero attached hydrogens (tertiary/aromatic N) is 2. The SMILES string of the molecule is COc1ccc2cc(S(=O)N3CCn4cccc4C3CC(=O)NC3CCc4cc(CNC(C)(C)C)ccc4C3)ccc2c1. The van der Waals surface area contributed by atoms with Crippen LogP contribution in [0.1, 0.15) is 62.0 Å². The molecule has 43 heavy (non-hydrogen) atoms. The zero-order valence-electron chi connectivity index (χ0n) is 25.6. The molecule has 1 aromatic heterocycles. The first-order valence-electron chi connectivity index (χ1n) is 15.2. The molecule has 2 heterocycles. The van der Waals surface area contributed by atoms with Crippen molar-refractivity contribution in [3.05, 3.63) is 95.3 Å². The molecule has 6 rings (SSSR count). The van der Waals surface area contributed by atoms with Gasteiger partial charge in [0.25, 0.3) is 0 Å². The van der Waals surface area contributed by atoms with Crippen LogP contribution in [-0.2, 0) is 41.7 Å². The average Bonchev–Trinajstić information content (AvgIpc) is 3.48. The predicted molar refractivity (Wildman–Crippen MR) is 172 cm³/mol. The Hall–Kier alpha value is -3.46. The van der Waals surface area contributed by atoms with E-state index in [4.69, 9.17) is 4.74 Å². The quantitative estimate of drug-likeness (QED) is 0.274. The fourth-order valence-corrected chi connectivity index (χ4v) is 7.64. The number of fused-ring (bicyclic) bond motifs is 3. The van der Waals surface area contributed by atoms with Gasteiger partial charge in [0.2, 0.25) is 5.91 Å². The molecule has 8 heteroatoms. The van der Waals surface area contributed by atoms with Crippen molar-refractivity contribution >= 4 is 27.7 Å². The van der Waals surface area contributed by atoms with E-state index in [2.05, 4.69) is 60.2 Å². The van der Waals surface area contributed by atoms with Gasteiger partial charge >= 0.3 is 0 Å². The van der Waals surface area contributed by atoms with Crippen LogP contribution in [0.2, 0.25) is 0 Å². The molecule has 0 radical (unpaired) electrons. The van der Waals surface area contributed by atoms with Crippen LogP contribution >= 0.6 is 0 Å². The molecule has 226 valence electrons. The molecule has 7 nitrogen and oxygen atoms in total. The average molecular weight is 599 g/mol. The number of ether oxygens (including phenoxy) is 1. The largest absolute Gasteiger partial charge is 0.497 e. The van der Waals surface area contributed by atoms with Gasteiger partial charge < -0.3 is 19.9 Å². The van der Waals surface area contributed by atoms with E-state index in [1.165, 1.54) is 16.7 Å². The minimum atomic E-state index is -1.41. The van der Waals surface area contributed by atoms with E-state index < -0.39 is 11.0 Å². The second-order valence-electron chi connectivity index (χ2n) is 12.8. The monoisotopic (exact) mass is 598 g/mol. The van der Waals surface area contributed by atoms with Gasteiger partial charge in [0.1, 0.15) is 16.7 Å². The van der Waals surface area contributed by atoms with Crippen molar-refractivity contribution in [3.63, 3.8) is 0 Å². The lowest BCUT2D eigenvalue weighted by Gasteiger charge is -2.36. The third-order valence-corrected chi connectivity index (χ3v) is 10.1. The molecule has 1 aliphatic heterocycles. The van der Waals surface area contributed by atoms with Crippen molar-refractivity contribution in [3.8, 4) is 5.75 Å². The highest BCUT2D eigenvalue weighted by Gasteiger charge is 2.34. The van der Waals surface area contributed by atoms with Crippen LogP contribution in [0.5, 0.6) is 5.75 Å². The van der Waals surface area contributed by atoms with E-state index in [-0.39, 0.29) is 30.0 Å². The minimum absolute atomic E-state index is 0.00621. The summed E-state index contributed by atoms with van der Waals surface area (Å²) < 4.78 is 23.5. The Balaban J connectivity index is 1.14. The molecule has 0 bridgehead atoms. The van der Waals surface area contributed by atoms with E-state index in [1.54, 1.807) is 7.11 Å². The zero-order valence-corrected chi connectivity index (χ0v) is 26.4. The molecule has 1 aliphatic carbocycles. The molecule has 0 spiro atoms. The number of carbonyl (C=O) groups is 1. The van der Waals surface area contributed by atoms with Gasteiger partial charge in [-0.15, -0.1) is 0 Å². The van der Waals surface area contributed by atoms with Crippen molar-refractivity contribution in [1.29, 1.82) is 0 Å². The van der Waals surface area contributed by atoms with Crippen molar-refractivity contribution < 1.29 is 13.7 Å². The van der Waals surface area contributed by atoms with Crippen molar-refractivity contribution in [2.75, 3.05) is 13.7 Å². The van der Waals surface area contributed by atoms with Gasteiger partial charge in [0.05, 0.1) is 18.0 Å². The maximum Gasteiger partial charge on any atom is 0.222 e. The third kappa shape index (κ3) is 6.71. The summed E-state index contributed by atoms with van der Waals surface area (Å²) in [5.41, 5.74) is 5.12. The highest BCUT2D eigenvalue weighted by atomic mass is 32.2. The predicted octanol–water partition coefficient (Wildman–Crippen LogP) is 5.68. The molecule has 2 aliphatic rings.